The van der Waals surface area contributed by atoms with Crippen LogP contribution in [-0.4, -0.2) is 22.6 Å². The van der Waals surface area contributed by atoms with Crippen molar-refractivity contribution in [2.45, 2.75) is 20.0 Å². The third-order valence-corrected chi connectivity index (χ3v) is 3.20. The van der Waals surface area contributed by atoms with Crippen LogP contribution in [0.25, 0.3) is 0 Å². The largest absolute Gasteiger partial charge is 0.308 e. The summed E-state index contributed by atoms with van der Waals surface area (Å²) in [6.45, 7) is 5.29. The molecule has 0 radical (unpaired) electrons. The summed E-state index contributed by atoms with van der Waals surface area (Å²) >= 11 is 1.27. The molecule has 0 aliphatic carbocycles. The lowest BCUT2D eigenvalue weighted by Gasteiger charge is -2.14. The topological polar surface area (TPSA) is 25.2 Å². The number of thiazole rings is 1. The first-order valence-corrected chi connectivity index (χ1v) is 5.50. The predicted molar refractivity (Wildman–Crippen MR) is 53.9 cm³/mol. The van der Waals surface area contributed by atoms with Crippen molar-refractivity contribution >= 4 is 11.3 Å². The molecule has 1 atom stereocenters. The smallest absolute Gasteiger partial charge is 0.292 e. The predicted octanol–water partition coefficient (Wildman–Crippen LogP) is 1.21. The van der Waals surface area contributed by atoms with Gasteiger partial charge in [-0.1, -0.05) is 18.3 Å². The molecule has 13 heavy (non-hydrogen) atoms. The maximum absolute atomic E-state index is 11.2. The number of likely N-dealkylation sites (tertiary alicyclic amines) is 1. The van der Waals surface area contributed by atoms with Crippen molar-refractivity contribution < 1.29 is 0 Å². The highest BCUT2D eigenvalue weighted by Crippen LogP contribution is 2.15. The van der Waals surface area contributed by atoms with Crippen LogP contribution >= 0.6 is 11.3 Å². The van der Waals surface area contributed by atoms with Crippen LogP contribution in [0.5, 0.6) is 0 Å². The van der Waals surface area contributed by atoms with Crippen molar-refractivity contribution in [1.29, 1.82) is 0 Å². The molecule has 0 amide bonds. The van der Waals surface area contributed by atoms with Gasteiger partial charge >= 0.3 is 4.87 Å². The first kappa shape index (κ1) is 8.97. The highest BCUT2D eigenvalue weighted by molar-refractivity contribution is 7.07. The average Bonchev–Trinajstić information content (AvgIpc) is 2.64. The molecule has 4 heteroatoms. The van der Waals surface area contributed by atoms with Crippen molar-refractivity contribution in [3.8, 4) is 0 Å². The third-order valence-electron chi connectivity index (χ3n) is 2.50. The lowest BCUT2D eigenvalue weighted by Crippen LogP contribution is -2.27. The van der Waals surface area contributed by atoms with E-state index in [9.17, 15) is 4.79 Å². The Morgan fingerprint density at radius 1 is 1.69 bits per heavy atom. The number of hydrogen-bond donors (Lipinski definition) is 0. The van der Waals surface area contributed by atoms with Gasteiger partial charge in [-0.25, -0.2) is 0 Å². The SMILES string of the molecule is CC1CCN(Cn2ccsc2=O)C1. The van der Waals surface area contributed by atoms with E-state index in [1.807, 2.05) is 11.6 Å². The Kier molecular flexibility index (Phi) is 2.51. The van der Waals surface area contributed by atoms with Gasteiger partial charge in [0.05, 0.1) is 6.67 Å². The fraction of sp³-hybridized carbons (Fsp3) is 0.667. The second kappa shape index (κ2) is 3.64. The van der Waals surface area contributed by atoms with Crippen molar-refractivity contribution in [3.63, 3.8) is 0 Å². The standard InChI is InChI=1S/C9H14N2OS/c1-8-2-3-10(6-8)7-11-4-5-13-9(11)12/h4-5,8H,2-3,6-7H2,1H3. The van der Waals surface area contributed by atoms with Crippen LogP contribution in [0.2, 0.25) is 0 Å². The molecule has 0 aromatic carbocycles. The molecule has 1 unspecified atom stereocenters. The van der Waals surface area contributed by atoms with E-state index >= 15 is 0 Å². The molecule has 3 nitrogen and oxygen atoms in total. The van der Waals surface area contributed by atoms with Crippen LogP contribution in [0.3, 0.4) is 0 Å². The van der Waals surface area contributed by atoms with Crippen molar-refractivity contribution in [3.05, 3.63) is 21.2 Å². The van der Waals surface area contributed by atoms with E-state index < -0.39 is 0 Å². The van der Waals surface area contributed by atoms with E-state index in [1.54, 1.807) is 4.57 Å². The lowest BCUT2D eigenvalue weighted by atomic mass is 10.2. The summed E-state index contributed by atoms with van der Waals surface area (Å²) in [6, 6.07) is 0. The first-order chi connectivity index (χ1) is 6.25. The summed E-state index contributed by atoms with van der Waals surface area (Å²) < 4.78 is 1.78. The molecule has 1 aliphatic rings. The molecule has 0 bridgehead atoms. The Hall–Kier alpha value is -0.610. The second-order valence-corrected chi connectivity index (χ2v) is 4.61. The minimum atomic E-state index is 0.152. The van der Waals surface area contributed by atoms with E-state index in [4.69, 9.17) is 0 Å². The summed E-state index contributed by atoms with van der Waals surface area (Å²) in [5.41, 5.74) is 0. The number of nitrogens with zero attached hydrogens (tertiary/aromatic N) is 2. The average molecular weight is 198 g/mol. The molecule has 1 fully saturated rings. The number of rotatable bonds is 2. The zero-order chi connectivity index (χ0) is 9.26. The molecule has 0 saturated carbocycles. The molecule has 1 saturated heterocycles. The normalized spacial score (nSPS) is 23.9. The van der Waals surface area contributed by atoms with Crippen LogP contribution in [0.1, 0.15) is 13.3 Å². The Labute approximate surface area is 81.6 Å². The van der Waals surface area contributed by atoms with Gasteiger partial charge in [-0.05, 0) is 12.3 Å². The Bertz CT molecular complexity index is 330. The van der Waals surface area contributed by atoms with E-state index in [0.717, 1.165) is 25.7 Å². The maximum Gasteiger partial charge on any atom is 0.308 e. The number of hydrogen-bond acceptors (Lipinski definition) is 3. The van der Waals surface area contributed by atoms with Gasteiger partial charge < -0.3 is 0 Å². The fourth-order valence-corrected chi connectivity index (χ4v) is 2.34. The van der Waals surface area contributed by atoms with E-state index in [2.05, 4.69) is 11.8 Å². The number of aromatic nitrogens is 1. The molecule has 1 aromatic rings. The Morgan fingerprint density at radius 3 is 3.08 bits per heavy atom. The minimum absolute atomic E-state index is 0.152. The van der Waals surface area contributed by atoms with Gasteiger partial charge in [-0.15, -0.1) is 0 Å². The summed E-state index contributed by atoms with van der Waals surface area (Å²) in [6.07, 6.45) is 3.13. The summed E-state index contributed by atoms with van der Waals surface area (Å²) in [5, 5.41) is 1.85. The van der Waals surface area contributed by atoms with Gasteiger partial charge in [0.25, 0.3) is 0 Å². The van der Waals surface area contributed by atoms with Gasteiger partial charge in [0.2, 0.25) is 0 Å². The van der Waals surface area contributed by atoms with E-state index in [-0.39, 0.29) is 4.87 Å². The van der Waals surface area contributed by atoms with Gasteiger partial charge in [-0.2, -0.15) is 0 Å². The highest BCUT2D eigenvalue weighted by atomic mass is 32.1. The van der Waals surface area contributed by atoms with Crippen molar-refractivity contribution in [1.82, 2.24) is 9.47 Å². The van der Waals surface area contributed by atoms with Crippen LogP contribution < -0.4 is 4.87 Å². The molecule has 0 spiro atoms. The first-order valence-electron chi connectivity index (χ1n) is 4.62. The minimum Gasteiger partial charge on any atom is -0.292 e. The molecule has 0 N–H and O–H groups in total. The summed E-state index contributed by atoms with van der Waals surface area (Å²) in [4.78, 5) is 13.7. The lowest BCUT2D eigenvalue weighted by molar-refractivity contribution is 0.260. The Balaban J connectivity index is 1.99. The van der Waals surface area contributed by atoms with Crippen LogP contribution in [0.15, 0.2) is 16.4 Å². The van der Waals surface area contributed by atoms with Gasteiger partial charge in [0.1, 0.15) is 0 Å². The van der Waals surface area contributed by atoms with Crippen LogP contribution in [-0.2, 0) is 6.67 Å². The summed E-state index contributed by atoms with van der Waals surface area (Å²) in [5.74, 6) is 0.786. The van der Waals surface area contributed by atoms with Crippen molar-refractivity contribution in [2.24, 2.45) is 5.92 Å². The molecule has 2 heterocycles. The molecule has 1 aliphatic heterocycles. The molecule has 1 aromatic heterocycles. The van der Waals surface area contributed by atoms with Crippen LogP contribution in [0.4, 0.5) is 0 Å². The van der Waals surface area contributed by atoms with Crippen molar-refractivity contribution in [2.75, 3.05) is 13.1 Å². The molecule has 72 valence electrons. The summed E-state index contributed by atoms with van der Waals surface area (Å²) in [7, 11) is 0. The fourth-order valence-electron chi connectivity index (χ4n) is 1.77. The monoisotopic (exact) mass is 198 g/mol. The second-order valence-electron chi connectivity index (χ2n) is 3.75. The van der Waals surface area contributed by atoms with E-state index in [1.165, 1.54) is 17.8 Å². The van der Waals surface area contributed by atoms with Gasteiger partial charge in [-0.3, -0.25) is 14.3 Å². The Morgan fingerprint density at radius 2 is 2.54 bits per heavy atom. The molecular weight excluding hydrogens is 184 g/mol. The quantitative estimate of drug-likeness (QED) is 0.713. The molecular formula is C9H14N2OS. The van der Waals surface area contributed by atoms with Gasteiger partial charge in [0.15, 0.2) is 0 Å². The third kappa shape index (κ3) is 2.00. The maximum atomic E-state index is 11.2. The van der Waals surface area contributed by atoms with Gasteiger partial charge in [0, 0.05) is 24.7 Å². The zero-order valence-electron chi connectivity index (χ0n) is 7.77. The zero-order valence-corrected chi connectivity index (χ0v) is 8.59. The highest BCUT2D eigenvalue weighted by Gasteiger charge is 2.18. The molecule has 2 rings (SSSR count). The van der Waals surface area contributed by atoms with E-state index in [0.29, 0.717) is 0 Å². The van der Waals surface area contributed by atoms with Crippen LogP contribution in [0, 0.1) is 5.92 Å².